The molecular weight excluding hydrogens is 347 g/mol. The van der Waals surface area contributed by atoms with E-state index in [0.717, 1.165) is 19.3 Å². The van der Waals surface area contributed by atoms with Gasteiger partial charge in [0.2, 0.25) is 5.91 Å². The first-order valence-corrected chi connectivity index (χ1v) is 7.05. The Bertz CT molecular complexity index is 423. The van der Waals surface area contributed by atoms with Crippen molar-refractivity contribution in [3.05, 3.63) is 0 Å². The van der Waals surface area contributed by atoms with Crippen molar-refractivity contribution in [2.45, 2.75) is 45.2 Å². The molecule has 8 nitrogen and oxygen atoms in total. The highest BCUT2D eigenvalue weighted by Gasteiger charge is 2.33. The third kappa shape index (κ3) is 7.83. The average Bonchev–Trinajstić information content (AvgIpc) is 2.92. The van der Waals surface area contributed by atoms with Gasteiger partial charge in [0, 0.05) is 6.54 Å². The minimum atomic E-state index is -1.08. The van der Waals surface area contributed by atoms with Crippen molar-refractivity contribution in [3.63, 3.8) is 0 Å². The van der Waals surface area contributed by atoms with Gasteiger partial charge in [-0.3, -0.25) is 25.3 Å². The van der Waals surface area contributed by atoms with Crippen molar-refractivity contribution < 1.29 is 19.9 Å². The molecule has 1 aliphatic rings. The standard InChI is InChI=1S/C13H24N4O4.2ClH/c1-7(13(19)20)16-12(18)11(14)10-4-3-9(5-10)6-15-8(2)17-21;;/h7,9-11,21H,3-6,14H2,1-2H3,(H,15,17)(H,16,18)(H,19,20);2*1H/t7-,9?,10?,11-;;/m0../s1. The molecule has 0 bridgehead atoms. The maximum absolute atomic E-state index is 11.9. The second-order valence-corrected chi connectivity index (χ2v) is 5.57. The van der Waals surface area contributed by atoms with E-state index in [1.54, 1.807) is 6.92 Å². The Hall–Kier alpha value is -1.09. The summed E-state index contributed by atoms with van der Waals surface area (Å²) < 4.78 is 0. The van der Waals surface area contributed by atoms with E-state index in [-0.39, 0.29) is 30.7 Å². The number of carboxylic acid groups (broad SMARTS) is 1. The normalized spacial score (nSPS) is 23.0. The molecule has 23 heavy (non-hydrogen) atoms. The lowest BCUT2D eigenvalue weighted by molar-refractivity contribution is -0.141. The minimum absolute atomic E-state index is 0. The van der Waals surface area contributed by atoms with Crippen LogP contribution in [0, 0.1) is 11.8 Å². The number of aliphatic imine (C=N–C) groups is 1. The molecule has 0 heterocycles. The van der Waals surface area contributed by atoms with E-state index in [1.165, 1.54) is 6.92 Å². The van der Waals surface area contributed by atoms with Crippen molar-refractivity contribution in [1.82, 2.24) is 10.8 Å². The van der Waals surface area contributed by atoms with Gasteiger partial charge in [0.15, 0.2) is 0 Å². The van der Waals surface area contributed by atoms with Crippen LogP contribution in [0.25, 0.3) is 0 Å². The lowest BCUT2D eigenvalue weighted by Gasteiger charge is -2.20. The Morgan fingerprint density at radius 2 is 1.96 bits per heavy atom. The number of rotatable bonds is 6. The summed E-state index contributed by atoms with van der Waals surface area (Å²) in [5.74, 6) is -0.688. The van der Waals surface area contributed by atoms with Gasteiger partial charge in [-0.05, 0) is 44.9 Å². The molecule has 0 saturated heterocycles. The van der Waals surface area contributed by atoms with E-state index in [2.05, 4.69) is 10.3 Å². The summed E-state index contributed by atoms with van der Waals surface area (Å²) in [5.41, 5.74) is 7.90. The fourth-order valence-electron chi connectivity index (χ4n) is 2.49. The number of halogens is 2. The number of nitrogens with one attached hydrogen (secondary N) is 2. The molecule has 0 spiro atoms. The Kier molecular flexibility index (Phi) is 12.0. The SMILES string of the molecule is CC(=NCC1CCC([C@H](N)C(=O)N[C@@H](C)C(=O)O)C1)NO.Cl.Cl. The zero-order chi connectivity index (χ0) is 16.0. The molecule has 1 amide bonds. The predicted molar refractivity (Wildman–Crippen MR) is 91.4 cm³/mol. The maximum Gasteiger partial charge on any atom is 0.325 e. The van der Waals surface area contributed by atoms with Crippen LogP contribution in [0.3, 0.4) is 0 Å². The Balaban J connectivity index is 0. The molecule has 10 heteroatoms. The van der Waals surface area contributed by atoms with Crippen LogP contribution in [0.5, 0.6) is 0 Å². The highest BCUT2D eigenvalue weighted by Crippen LogP contribution is 2.32. The van der Waals surface area contributed by atoms with Crippen molar-refractivity contribution in [2.24, 2.45) is 22.6 Å². The Morgan fingerprint density at radius 3 is 2.48 bits per heavy atom. The van der Waals surface area contributed by atoms with Crippen molar-refractivity contribution in [2.75, 3.05) is 6.54 Å². The van der Waals surface area contributed by atoms with Crippen LogP contribution in [0.1, 0.15) is 33.1 Å². The van der Waals surface area contributed by atoms with Gasteiger partial charge in [-0.15, -0.1) is 24.8 Å². The van der Waals surface area contributed by atoms with Gasteiger partial charge >= 0.3 is 5.97 Å². The van der Waals surface area contributed by atoms with Crippen LogP contribution < -0.4 is 16.5 Å². The number of nitrogens with zero attached hydrogens (tertiary/aromatic N) is 1. The van der Waals surface area contributed by atoms with Gasteiger partial charge in [-0.25, -0.2) is 0 Å². The van der Waals surface area contributed by atoms with Gasteiger partial charge in [-0.1, -0.05) is 0 Å². The summed E-state index contributed by atoms with van der Waals surface area (Å²) in [7, 11) is 0. The van der Waals surface area contributed by atoms with Gasteiger partial charge in [-0.2, -0.15) is 0 Å². The lowest BCUT2D eigenvalue weighted by atomic mass is 9.96. The van der Waals surface area contributed by atoms with Crippen LogP contribution >= 0.6 is 24.8 Å². The summed E-state index contributed by atoms with van der Waals surface area (Å²) in [4.78, 5) is 26.8. The van der Waals surface area contributed by atoms with Crippen LogP contribution in [-0.2, 0) is 9.59 Å². The fraction of sp³-hybridized carbons (Fsp3) is 0.769. The highest BCUT2D eigenvalue weighted by atomic mass is 35.5. The molecule has 2 unspecified atom stereocenters. The quantitative estimate of drug-likeness (QED) is 0.262. The van der Waals surface area contributed by atoms with E-state index < -0.39 is 24.0 Å². The number of hydrogen-bond acceptors (Lipinski definition) is 5. The largest absolute Gasteiger partial charge is 0.480 e. The topological polar surface area (TPSA) is 137 Å². The van der Waals surface area contributed by atoms with E-state index in [4.69, 9.17) is 16.0 Å². The van der Waals surface area contributed by atoms with Gasteiger partial charge < -0.3 is 16.2 Å². The van der Waals surface area contributed by atoms with Crippen molar-refractivity contribution in [3.8, 4) is 0 Å². The van der Waals surface area contributed by atoms with Gasteiger partial charge in [0.1, 0.15) is 11.9 Å². The van der Waals surface area contributed by atoms with Crippen molar-refractivity contribution >= 4 is 42.5 Å². The Morgan fingerprint density at radius 1 is 1.35 bits per heavy atom. The molecule has 1 aliphatic carbocycles. The van der Waals surface area contributed by atoms with E-state index in [1.807, 2.05) is 5.48 Å². The molecule has 0 aliphatic heterocycles. The zero-order valence-corrected chi connectivity index (χ0v) is 14.8. The van der Waals surface area contributed by atoms with Crippen molar-refractivity contribution in [1.29, 1.82) is 0 Å². The highest BCUT2D eigenvalue weighted by molar-refractivity contribution is 5.86. The first kappa shape index (κ1) is 24.2. The molecule has 1 fully saturated rings. The number of carbonyl (C=O) groups excluding carboxylic acids is 1. The summed E-state index contributed by atoms with van der Waals surface area (Å²) in [6.07, 6.45) is 2.52. The monoisotopic (exact) mass is 372 g/mol. The van der Waals surface area contributed by atoms with E-state index >= 15 is 0 Å². The lowest BCUT2D eigenvalue weighted by Crippen LogP contribution is -2.49. The first-order chi connectivity index (χ1) is 9.85. The molecule has 4 atom stereocenters. The number of amides is 1. The number of carboxylic acids is 1. The second kappa shape index (κ2) is 11.4. The number of hydroxylamine groups is 1. The fourth-order valence-corrected chi connectivity index (χ4v) is 2.49. The molecule has 1 saturated carbocycles. The average molecular weight is 373 g/mol. The first-order valence-electron chi connectivity index (χ1n) is 7.05. The summed E-state index contributed by atoms with van der Waals surface area (Å²) >= 11 is 0. The van der Waals surface area contributed by atoms with E-state index in [0.29, 0.717) is 18.3 Å². The van der Waals surface area contributed by atoms with E-state index in [9.17, 15) is 9.59 Å². The number of hydrogen-bond donors (Lipinski definition) is 5. The molecular formula is C13H26Cl2N4O4. The molecule has 0 aromatic rings. The number of amidine groups is 1. The molecule has 0 aromatic heterocycles. The molecule has 1 rings (SSSR count). The second-order valence-electron chi connectivity index (χ2n) is 5.57. The maximum atomic E-state index is 11.9. The van der Waals surface area contributed by atoms with Crippen LogP contribution in [0.2, 0.25) is 0 Å². The van der Waals surface area contributed by atoms with Crippen LogP contribution in [0.4, 0.5) is 0 Å². The molecule has 136 valence electrons. The predicted octanol–water partition coefficient (Wildman–Crippen LogP) is 0.560. The third-order valence-corrected chi connectivity index (χ3v) is 3.87. The van der Waals surface area contributed by atoms with Crippen LogP contribution in [0.15, 0.2) is 4.99 Å². The third-order valence-electron chi connectivity index (χ3n) is 3.87. The summed E-state index contributed by atoms with van der Waals surface area (Å²) in [6.45, 7) is 3.65. The van der Waals surface area contributed by atoms with Gasteiger partial charge in [0.05, 0.1) is 6.04 Å². The van der Waals surface area contributed by atoms with Gasteiger partial charge in [0.25, 0.3) is 0 Å². The number of nitrogens with two attached hydrogens (primary N) is 1. The number of carbonyl (C=O) groups is 2. The Labute approximate surface area is 148 Å². The molecule has 0 radical (unpaired) electrons. The molecule has 0 aromatic carbocycles. The smallest absolute Gasteiger partial charge is 0.325 e. The number of aliphatic carboxylic acids is 1. The van der Waals surface area contributed by atoms with Crippen LogP contribution in [-0.4, -0.2) is 46.7 Å². The summed E-state index contributed by atoms with van der Waals surface area (Å²) in [6, 6.07) is -1.64. The summed E-state index contributed by atoms with van der Waals surface area (Å²) in [5, 5.41) is 19.8. The zero-order valence-electron chi connectivity index (χ0n) is 13.2. The minimum Gasteiger partial charge on any atom is -0.480 e. The molecule has 6 N–H and O–H groups in total.